The Hall–Kier alpha value is -1.21. The monoisotopic (exact) mass is 282 g/mol. The van der Waals surface area contributed by atoms with Crippen molar-refractivity contribution in [3.05, 3.63) is 17.5 Å². The summed E-state index contributed by atoms with van der Waals surface area (Å²) >= 11 is 0. The highest BCUT2D eigenvalue weighted by Gasteiger charge is 2.46. The number of anilines is 1. The Balaban J connectivity index is 2.12. The molecule has 3 heterocycles. The average molecular weight is 282 g/mol. The van der Waals surface area contributed by atoms with Gasteiger partial charge in [-0.1, -0.05) is 0 Å². The van der Waals surface area contributed by atoms with Crippen LogP contribution < -0.4 is 4.90 Å². The summed E-state index contributed by atoms with van der Waals surface area (Å²) in [6.07, 6.45) is 1.67. The van der Waals surface area contributed by atoms with Crippen molar-refractivity contribution in [1.82, 2.24) is 14.9 Å². The van der Waals surface area contributed by atoms with Crippen molar-refractivity contribution in [2.75, 3.05) is 39.1 Å². The number of sulfone groups is 1. The predicted molar refractivity (Wildman–Crippen MR) is 73.0 cm³/mol. The summed E-state index contributed by atoms with van der Waals surface area (Å²) in [6, 6.07) is 0. The van der Waals surface area contributed by atoms with E-state index >= 15 is 0 Å². The van der Waals surface area contributed by atoms with Gasteiger partial charge in [0.2, 0.25) is 5.95 Å². The van der Waals surface area contributed by atoms with Gasteiger partial charge in [-0.3, -0.25) is 0 Å². The van der Waals surface area contributed by atoms with Gasteiger partial charge < -0.3 is 9.80 Å². The Morgan fingerprint density at radius 2 is 2.11 bits per heavy atom. The number of aromatic nitrogens is 2. The number of rotatable bonds is 1. The first-order valence-electron chi connectivity index (χ1n) is 6.32. The van der Waals surface area contributed by atoms with Crippen LogP contribution in [-0.4, -0.2) is 62.8 Å². The molecule has 0 aromatic carbocycles. The van der Waals surface area contributed by atoms with Crippen molar-refractivity contribution in [2.24, 2.45) is 0 Å². The zero-order chi connectivity index (χ0) is 13.8. The lowest BCUT2D eigenvalue weighted by atomic mass is 10.00. The first-order chi connectivity index (χ1) is 8.88. The van der Waals surface area contributed by atoms with Crippen LogP contribution in [0, 0.1) is 0 Å². The van der Waals surface area contributed by atoms with Crippen molar-refractivity contribution in [2.45, 2.75) is 16.9 Å². The third-order valence-electron chi connectivity index (χ3n) is 3.90. The lowest BCUT2D eigenvalue weighted by Gasteiger charge is -2.27. The number of hydrogen-bond acceptors (Lipinski definition) is 6. The van der Waals surface area contributed by atoms with E-state index in [0.29, 0.717) is 12.5 Å². The Morgan fingerprint density at radius 1 is 1.37 bits per heavy atom. The van der Waals surface area contributed by atoms with Gasteiger partial charge in [-0.05, 0) is 7.05 Å². The first-order valence-corrected chi connectivity index (χ1v) is 8.03. The smallest absolute Gasteiger partial charge is 0.225 e. The average Bonchev–Trinajstić information content (AvgIpc) is 2.71. The van der Waals surface area contributed by atoms with Crippen LogP contribution in [-0.2, 0) is 15.6 Å². The predicted octanol–water partition coefficient (Wildman–Crippen LogP) is -0.131. The van der Waals surface area contributed by atoms with E-state index in [4.69, 9.17) is 0 Å². The minimum atomic E-state index is -3.07. The highest BCUT2D eigenvalue weighted by atomic mass is 32.2. The molecule has 1 fully saturated rings. The summed E-state index contributed by atoms with van der Waals surface area (Å²) in [4.78, 5) is 12.7. The van der Waals surface area contributed by atoms with Crippen LogP contribution in [0.15, 0.2) is 6.20 Å². The van der Waals surface area contributed by atoms with Crippen LogP contribution >= 0.6 is 0 Å². The van der Waals surface area contributed by atoms with E-state index in [0.717, 1.165) is 17.8 Å². The second-order valence-corrected chi connectivity index (χ2v) is 7.87. The standard InChI is InChI=1S/C12H18N4O2S/c1-15(2)12-13-4-8-7-19(17,18)10-6-16(3)5-9(10)11(8)14-12/h4,9-10H,5-7H2,1-3H3/t9-,10-/m0/s1. The maximum Gasteiger partial charge on any atom is 0.225 e. The van der Waals surface area contributed by atoms with E-state index in [-0.39, 0.29) is 16.9 Å². The summed E-state index contributed by atoms with van der Waals surface area (Å²) in [5.74, 6) is 0.706. The minimum Gasteiger partial charge on any atom is -0.347 e. The minimum absolute atomic E-state index is 0.0135. The van der Waals surface area contributed by atoms with Gasteiger partial charge in [0.15, 0.2) is 9.84 Å². The quantitative estimate of drug-likeness (QED) is 0.715. The molecule has 0 bridgehead atoms. The second kappa shape index (κ2) is 4.14. The molecule has 2 aliphatic heterocycles. The molecule has 19 heavy (non-hydrogen) atoms. The molecule has 0 unspecified atom stereocenters. The largest absolute Gasteiger partial charge is 0.347 e. The molecular formula is C12H18N4O2S. The normalized spacial score (nSPS) is 28.8. The molecule has 1 aromatic rings. The van der Waals surface area contributed by atoms with E-state index in [9.17, 15) is 8.42 Å². The van der Waals surface area contributed by atoms with Crippen molar-refractivity contribution >= 4 is 15.8 Å². The lowest BCUT2D eigenvalue weighted by Crippen LogP contribution is -2.35. The maximum atomic E-state index is 12.3. The highest BCUT2D eigenvalue weighted by molar-refractivity contribution is 7.91. The van der Waals surface area contributed by atoms with E-state index in [2.05, 4.69) is 14.9 Å². The van der Waals surface area contributed by atoms with Crippen molar-refractivity contribution < 1.29 is 8.42 Å². The highest BCUT2D eigenvalue weighted by Crippen LogP contribution is 2.38. The molecule has 6 nitrogen and oxygen atoms in total. The SMILES string of the molecule is CN1C[C@@H]2c3nc(N(C)C)ncc3CS(=O)(=O)[C@H]2C1. The summed E-state index contributed by atoms with van der Waals surface area (Å²) in [5, 5.41) is -0.310. The number of nitrogens with zero attached hydrogens (tertiary/aromatic N) is 4. The summed E-state index contributed by atoms with van der Waals surface area (Å²) in [7, 11) is 2.66. The van der Waals surface area contributed by atoms with Gasteiger partial charge >= 0.3 is 0 Å². The maximum absolute atomic E-state index is 12.3. The van der Waals surface area contributed by atoms with Crippen LogP contribution in [0.4, 0.5) is 5.95 Å². The third kappa shape index (κ3) is 2.01. The number of likely N-dealkylation sites (tertiary alicyclic amines) is 1. The van der Waals surface area contributed by atoms with E-state index in [1.54, 1.807) is 6.20 Å². The van der Waals surface area contributed by atoms with Gasteiger partial charge in [-0.15, -0.1) is 0 Å². The molecule has 1 saturated heterocycles. The lowest BCUT2D eigenvalue weighted by molar-refractivity contribution is 0.410. The van der Waals surface area contributed by atoms with E-state index < -0.39 is 9.84 Å². The Morgan fingerprint density at radius 3 is 2.79 bits per heavy atom. The zero-order valence-electron chi connectivity index (χ0n) is 11.4. The fraction of sp³-hybridized carbons (Fsp3) is 0.667. The van der Waals surface area contributed by atoms with Crippen LogP contribution in [0.3, 0.4) is 0 Å². The molecule has 0 radical (unpaired) electrons. The number of likely N-dealkylation sites (N-methyl/N-ethyl adjacent to an activating group) is 1. The van der Waals surface area contributed by atoms with E-state index in [1.165, 1.54) is 0 Å². The Labute approximate surface area is 113 Å². The second-order valence-electron chi connectivity index (χ2n) is 5.65. The summed E-state index contributed by atoms with van der Waals surface area (Å²) in [5.41, 5.74) is 1.69. The summed E-state index contributed by atoms with van der Waals surface area (Å²) in [6.45, 7) is 1.36. The molecule has 3 rings (SSSR count). The molecule has 0 spiro atoms. The number of hydrogen-bond donors (Lipinski definition) is 0. The van der Waals surface area contributed by atoms with Crippen molar-refractivity contribution in [1.29, 1.82) is 0 Å². The Kier molecular flexibility index (Phi) is 2.79. The molecule has 0 amide bonds. The first kappa shape index (κ1) is 12.8. The number of fused-ring (bicyclic) bond motifs is 3. The fourth-order valence-corrected chi connectivity index (χ4v) is 5.04. The molecular weight excluding hydrogens is 264 g/mol. The van der Waals surface area contributed by atoms with Crippen LogP contribution in [0.1, 0.15) is 17.2 Å². The molecule has 0 saturated carbocycles. The van der Waals surface area contributed by atoms with Crippen LogP contribution in [0.25, 0.3) is 0 Å². The van der Waals surface area contributed by atoms with Gasteiger partial charge in [0, 0.05) is 44.9 Å². The molecule has 0 aliphatic carbocycles. The molecule has 0 N–H and O–H groups in total. The topological polar surface area (TPSA) is 66.4 Å². The third-order valence-corrected chi connectivity index (χ3v) is 6.02. The van der Waals surface area contributed by atoms with Gasteiger partial charge in [0.1, 0.15) is 0 Å². The molecule has 1 aromatic heterocycles. The summed E-state index contributed by atoms with van der Waals surface area (Å²) < 4.78 is 24.6. The molecule has 7 heteroatoms. The zero-order valence-corrected chi connectivity index (χ0v) is 12.2. The van der Waals surface area contributed by atoms with Gasteiger partial charge in [-0.2, -0.15) is 0 Å². The molecule has 2 aliphatic rings. The van der Waals surface area contributed by atoms with Crippen LogP contribution in [0.2, 0.25) is 0 Å². The Bertz CT molecular complexity index is 614. The van der Waals surface area contributed by atoms with E-state index in [1.807, 2.05) is 26.0 Å². The van der Waals surface area contributed by atoms with Gasteiger partial charge in [0.05, 0.1) is 16.7 Å². The van der Waals surface area contributed by atoms with Gasteiger partial charge in [0.25, 0.3) is 0 Å². The molecule has 104 valence electrons. The fourth-order valence-electron chi connectivity index (χ4n) is 2.97. The van der Waals surface area contributed by atoms with Crippen LogP contribution in [0.5, 0.6) is 0 Å². The molecule has 2 atom stereocenters. The van der Waals surface area contributed by atoms with Crippen molar-refractivity contribution in [3.8, 4) is 0 Å². The van der Waals surface area contributed by atoms with Crippen molar-refractivity contribution in [3.63, 3.8) is 0 Å². The van der Waals surface area contributed by atoms with Gasteiger partial charge in [-0.25, -0.2) is 18.4 Å².